The molecule has 3 atom stereocenters. The minimum absolute atomic E-state index is 0.0294. The van der Waals surface area contributed by atoms with E-state index in [0.29, 0.717) is 13.2 Å². The first-order chi connectivity index (χ1) is 8.61. The molecule has 6 heteroatoms. The van der Waals surface area contributed by atoms with Gasteiger partial charge in [0.15, 0.2) is 0 Å². The lowest BCUT2D eigenvalue weighted by Gasteiger charge is -2.38. The van der Waals surface area contributed by atoms with Crippen LogP contribution in [0.3, 0.4) is 0 Å². The Kier molecular flexibility index (Phi) is 4.19. The molecule has 0 bridgehead atoms. The SMILES string of the molecule is CC1NCCCC1C(=O)N1CCOCC1C(N)=O. The van der Waals surface area contributed by atoms with Gasteiger partial charge in [-0.2, -0.15) is 0 Å². The third-order valence-electron chi connectivity index (χ3n) is 3.82. The first kappa shape index (κ1) is 13.3. The molecular formula is C12H21N3O3. The quantitative estimate of drug-likeness (QED) is 0.669. The van der Waals surface area contributed by atoms with E-state index in [4.69, 9.17) is 10.5 Å². The third-order valence-corrected chi connectivity index (χ3v) is 3.82. The molecule has 0 aromatic carbocycles. The molecular weight excluding hydrogens is 234 g/mol. The molecule has 2 fully saturated rings. The summed E-state index contributed by atoms with van der Waals surface area (Å²) in [5.41, 5.74) is 5.33. The third kappa shape index (κ3) is 2.64. The number of nitrogens with zero attached hydrogens (tertiary/aromatic N) is 1. The Morgan fingerprint density at radius 1 is 1.44 bits per heavy atom. The molecule has 0 aromatic heterocycles. The zero-order valence-electron chi connectivity index (χ0n) is 10.7. The molecule has 2 saturated heterocycles. The van der Waals surface area contributed by atoms with E-state index in [1.807, 2.05) is 6.92 Å². The van der Waals surface area contributed by atoms with Gasteiger partial charge in [0.05, 0.1) is 19.1 Å². The summed E-state index contributed by atoms with van der Waals surface area (Å²) in [7, 11) is 0. The van der Waals surface area contributed by atoms with Crippen molar-refractivity contribution in [2.45, 2.75) is 31.8 Å². The number of hydrogen-bond donors (Lipinski definition) is 2. The van der Waals surface area contributed by atoms with Gasteiger partial charge in [0.25, 0.3) is 0 Å². The fourth-order valence-electron chi connectivity index (χ4n) is 2.70. The van der Waals surface area contributed by atoms with E-state index in [1.54, 1.807) is 4.90 Å². The lowest BCUT2D eigenvalue weighted by Crippen LogP contribution is -2.58. The largest absolute Gasteiger partial charge is 0.377 e. The predicted molar refractivity (Wildman–Crippen MR) is 65.7 cm³/mol. The minimum atomic E-state index is -0.611. The number of hydrogen-bond acceptors (Lipinski definition) is 4. The summed E-state index contributed by atoms with van der Waals surface area (Å²) < 4.78 is 5.23. The van der Waals surface area contributed by atoms with Crippen molar-refractivity contribution in [1.82, 2.24) is 10.2 Å². The zero-order valence-corrected chi connectivity index (χ0v) is 10.7. The average molecular weight is 255 g/mol. The summed E-state index contributed by atoms with van der Waals surface area (Å²) in [6.45, 7) is 4.12. The monoisotopic (exact) mass is 255 g/mol. The summed E-state index contributed by atoms with van der Waals surface area (Å²) in [4.78, 5) is 25.5. The normalized spacial score (nSPS) is 33.2. The number of primary amides is 1. The molecule has 0 aliphatic carbocycles. The van der Waals surface area contributed by atoms with Crippen LogP contribution in [0.25, 0.3) is 0 Å². The van der Waals surface area contributed by atoms with Crippen molar-refractivity contribution < 1.29 is 14.3 Å². The fourth-order valence-corrected chi connectivity index (χ4v) is 2.70. The maximum atomic E-state index is 12.5. The highest BCUT2D eigenvalue weighted by molar-refractivity contribution is 5.88. The van der Waals surface area contributed by atoms with Gasteiger partial charge in [-0.1, -0.05) is 0 Å². The number of ether oxygens (including phenoxy) is 1. The number of carbonyl (C=O) groups is 2. The first-order valence-electron chi connectivity index (χ1n) is 6.52. The van der Waals surface area contributed by atoms with Gasteiger partial charge >= 0.3 is 0 Å². The van der Waals surface area contributed by atoms with E-state index in [1.165, 1.54) is 0 Å². The van der Waals surface area contributed by atoms with Gasteiger partial charge in [-0.25, -0.2) is 0 Å². The van der Waals surface area contributed by atoms with Crippen molar-refractivity contribution in [1.29, 1.82) is 0 Å². The smallest absolute Gasteiger partial charge is 0.242 e. The molecule has 18 heavy (non-hydrogen) atoms. The summed E-state index contributed by atoms with van der Waals surface area (Å²) in [5, 5.41) is 3.30. The molecule has 0 radical (unpaired) electrons. The average Bonchev–Trinajstić information content (AvgIpc) is 2.38. The molecule has 2 heterocycles. The minimum Gasteiger partial charge on any atom is -0.377 e. The Morgan fingerprint density at radius 3 is 2.89 bits per heavy atom. The van der Waals surface area contributed by atoms with Crippen LogP contribution in [0.2, 0.25) is 0 Å². The highest BCUT2D eigenvalue weighted by Crippen LogP contribution is 2.21. The number of morpholine rings is 1. The zero-order chi connectivity index (χ0) is 13.1. The van der Waals surface area contributed by atoms with Crippen LogP contribution in [0.1, 0.15) is 19.8 Å². The molecule has 0 spiro atoms. The van der Waals surface area contributed by atoms with E-state index >= 15 is 0 Å². The molecule has 0 saturated carbocycles. The van der Waals surface area contributed by atoms with E-state index in [9.17, 15) is 9.59 Å². The van der Waals surface area contributed by atoms with Gasteiger partial charge < -0.3 is 20.7 Å². The second-order valence-corrected chi connectivity index (χ2v) is 5.02. The van der Waals surface area contributed by atoms with Gasteiger partial charge in [0, 0.05) is 12.6 Å². The standard InChI is InChI=1S/C12H21N3O3/c1-8-9(3-2-4-14-8)12(17)15-5-6-18-7-10(15)11(13)16/h8-10,14H,2-7H2,1H3,(H2,13,16). The van der Waals surface area contributed by atoms with Gasteiger partial charge in [0.1, 0.15) is 6.04 Å². The highest BCUT2D eigenvalue weighted by Gasteiger charge is 2.37. The summed E-state index contributed by atoms with van der Waals surface area (Å²) >= 11 is 0. The van der Waals surface area contributed by atoms with Crippen molar-refractivity contribution >= 4 is 11.8 Å². The topological polar surface area (TPSA) is 84.7 Å². The Balaban J connectivity index is 2.07. The van der Waals surface area contributed by atoms with Gasteiger partial charge in [-0.15, -0.1) is 0 Å². The highest BCUT2D eigenvalue weighted by atomic mass is 16.5. The van der Waals surface area contributed by atoms with Crippen LogP contribution in [0.4, 0.5) is 0 Å². The lowest BCUT2D eigenvalue weighted by molar-refractivity contribution is -0.151. The summed E-state index contributed by atoms with van der Waals surface area (Å²) in [5.74, 6) is -0.514. The van der Waals surface area contributed by atoms with Crippen molar-refractivity contribution in [3.05, 3.63) is 0 Å². The van der Waals surface area contributed by atoms with Crippen molar-refractivity contribution in [2.24, 2.45) is 11.7 Å². The maximum absolute atomic E-state index is 12.5. The molecule has 0 aromatic rings. The van der Waals surface area contributed by atoms with E-state index in [2.05, 4.69) is 5.32 Å². The van der Waals surface area contributed by atoms with Crippen LogP contribution in [-0.4, -0.2) is 55.1 Å². The number of carbonyl (C=O) groups excluding carboxylic acids is 2. The summed E-state index contributed by atoms with van der Waals surface area (Å²) in [6, 6.07) is -0.456. The molecule has 102 valence electrons. The number of piperidine rings is 1. The van der Waals surface area contributed by atoms with E-state index in [0.717, 1.165) is 19.4 Å². The lowest BCUT2D eigenvalue weighted by atomic mass is 9.90. The Labute approximate surface area is 107 Å². The Hall–Kier alpha value is -1.14. The second kappa shape index (κ2) is 5.67. The van der Waals surface area contributed by atoms with Crippen LogP contribution in [0.15, 0.2) is 0 Å². The predicted octanol–water partition coefficient (Wildman–Crippen LogP) is -0.913. The maximum Gasteiger partial charge on any atom is 0.242 e. The van der Waals surface area contributed by atoms with Gasteiger partial charge in [-0.3, -0.25) is 9.59 Å². The number of rotatable bonds is 2. The van der Waals surface area contributed by atoms with E-state index < -0.39 is 11.9 Å². The number of nitrogens with one attached hydrogen (secondary N) is 1. The van der Waals surface area contributed by atoms with Gasteiger partial charge in [0.2, 0.25) is 11.8 Å². The molecule has 2 amide bonds. The first-order valence-corrected chi connectivity index (χ1v) is 6.52. The molecule has 3 N–H and O–H groups in total. The van der Waals surface area contributed by atoms with Crippen LogP contribution in [-0.2, 0) is 14.3 Å². The van der Waals surface area contributed by atoms with Crippen LogP contribution in [0.5, 0.6) is 0 Å². The van der Waals surface area contributed by atoms with Gasteiger partial charge in [-0.05, 0) is 26.3 Å². The number of nitrogens with two attached hydrogens (primary N) is 1. The van der Waals surface area contributed by atoms with Crippen molar-refractivity contribution in [3.8, 4) is 0 Å². The molecule has 3 unspecified atom stereocenters. The van der Waals surface area contributed by atoms with Crippen molar-refractivity contribution in [3.63, 3.8) is 0 Å². The van der Waals surface area contributed by atoms with Crippen LogP contribution < -0.4 is 11.1 Å². The molecule has 6 nitrogen and oxygen atoms in total. The Bertz CT molecular complexity index is 335. The fraction of sp³-hybridized carbons (Fsp3) is 0.833. The second-order valence-electron chi connectivity index (χ2n) is 5.02. The Morgan fingerprint density at radius 2 is 2.22 bits per heavy atom. The molecule has 2 aliphatic heterocycles. The summed E-state index contributed by atoms with van der Waals surface area (Å²) in [6.07, 6.45) is 1.86. The van der Waals surface area contributed by atoms with Crippen molar-refractivity contribution in [2.75, 3.05) is 26.3 Å². The number of amides is 2. The molecule has 2 aliphatic rings. The van der Waals surface area contributed by atoms with Crippen LogP contribution >= 0.6 is 0 Å². The van der Waals surface area contributed by atoms with E-state index in [-0.39, 0.29) is 24.5 Å². The van der Waals surface area contributed by atoms with Crippen LogP contribution in [0, 0.1) is 5.92 Å². The molecule has 2 rings (SSSR count).